The summed E-state index contributed by atoms with van der Waals surface area (Å²) >= 11 is 0. The van der Waals surface area contributed by atoms with Gasteiger partial charge in [0.25, 0.3) is 5.91 Å². The fraction of sp³-hybridized carbons (Fsp3) is 0.167. The maximum absolute atomic E-state index is 11.4. The second-order valence-electron chi connectivity index (χ2n) is 3.81. The van der Waals surface area contributed by atoms with E-state index in [0.29, 0.717) is 17.1 Å². The number of carbonyl (C=O) groups excluding carboxylic acids is 1. The number of hydrogen-bond donors (Lipinski definition) is 2. The molecule has 1 aliphatic rings. The smallest absolute Gasteiger partial charge is 0.269 e. The fourth-order valence-corrected chi connectivity index (χ4v) is 1.78. The number of hydrogen-bond acceptors (Lipinski definition) is 4. The van der Waals surface area contributed by atoms with Crippen molar-refractivity contribution < 1.29 is 14.3 Å². The molecule has 0 unspecified atom stereocenters. The fourth-order valence-electron chi connectivity index (χ4n) is 1.78. The molecule has 92 valence electrons. The minimum absolute atomic E-state index is 0.200. The first kappa shape index (κ1) is 10.6. The van der Waals surface area contributed by atoms with Gasteiger partial charge >= 0.3 is 0 Å². The molecule has 6 nitrogen and oxygen atoms in total. The van der Waals surface area contributed by atoms with E-state index in [2.05, 4.69) is 15.5 Å². The van der Waals surface area contributed by atoms with Crippen LogP contribution in [0.15, 0.2) is 24.3 Å². The van der Waals surface area contributed by atoms with Crippen molar-refractivity contribution in [1.29, 1.82) is 0 Å². The van der Waals surface area contributed by atoms with E-state index in [4.69, 9.17) is 9.47 Å². The summed E-state index contributed by atoms with van der Waals surface area (Å²) in [5, 5.41) is 9.32. The molecule has 0 atom stereocenters. The Morgan fingerprint density at radius 1 is 1.33 bits per heavy atom. The molecule has 2 heterocycles. The summed E-state index contributed by atoms with van der Waals surface area (Å²) in [6, 6.07) is 7.23. The number of aromatic amines is 1. The van der Waals surface area contributed by atoms with Crippen LogP contribution in [-0.4, -0.2) is 29.9 Å². The first-order valence-corrected chi connectivity index (χ1v) is 5.45. The highest BCUT2D eigenvalue weighted by molar-refractivity contribution is 5.93. The van der Waals surface area contributed by atoms with Crippen molar-refractivity contribution in [3.8, 4) is 22.8 Å². The summed E-state index contributed by atoms with van der Waals surface area (Å²) in [6.45, 7) is 0.239. The molecule has 6 heteroatoms. The molecule has 0 aliphatic carbocycles. The standard InChI is InChI=1S/C12H11N3O3/c1-13-12(16)9-5-8(14-15-9)7-2-3-10-11(4-7)18-6-17-10/h2-5H,6H2,1H3,(H,13,16)(H,14,15). The number of aromatic nitrogens is 2. The molecule has 2 N–H and O–H groups in total. The highest BCUT2D eigenvalue weighted by Gasteiger charge is 2.15. The van der Waals surface area contributed by atoms with Gasteiger partial charge < -0.3 is 14.8 Å². The van der Waals surface area contributed by atoms with Crippen molar-refractivity contribution in [2.75, 3.05) is 13.8 Å². The van der Waals surface area contributed by atoms with Gasteiger partial charge in [-0.3, -0.25) is 9.89 Å². The molecule has 18 heavy (non-hydrogen) atoms. The number of amides is 1. The Labute approximate surface area is 103 Å². The number of rotatable bonds is 2. The van der Waals surface area contributed by atoms with Gasteiger partial charge in [-0.2, -0.15) is 5.10 Å². The van der Waals surface area contributed by atoms with Gasteiger partial charge in [-0.15, -0.1) is 0 Å². The summed E-state index contributed by atoms with van der Waals surface area (Å²) in [4.78, 5) is 11.4. The Balaban J connectivity index is 1.95. The number of H-pyrrole nitrogens is 1. The van der Waals surface area contributed by atoms with Crippen LogP contribution in [0.1, 0.15) is 10.5 Å². The van der Waals surface area contributed by atoms with Crippen LogP contribution in [0.2, 0.25) is 0 Å². The molecule has 0 spiro atoms. The second kappa shape index (κ2) is 4.06. The van der Waals surface area contributed by atoms with Crippen LogP contribution in [0, 0.1) is 0 Å². The third-order valence-electron chi connectivity index (χ3n) is 2.72. The lowest BCUT2D eigenvalue weighted by Gasteiger charge is -1.98. The van der Waals surface area contributed by atoms with Crippen molar-refractivity contribution in [2.24, 2.45) is 0 Å². The predicted molar refractivity (Wildman–Crippen MR) is 63.5 cm³/mol. The summed E-state index contributed by atoms with van der Waals surface area (Å²) < 4.78 is 10.5. The molecule has 1 aliphatic heterocycles. The molecule has 2 aromatic rings. The summed E-state index contributed by atoms with van der Waals surface area (Å²) in [7, 11) is 1.57. The van der Waals surface area contributed by atoms with Gasteiger partial charge in [-0.1, -0.05) is 0 Å². The van der Waals surface area contributed by atoms with E-state index in [0.717, 1.165) is 11.3 Å². The molecule has 0 saturated carbocycles. The maximum Gasteiger partial charge on any atom is 0.269 e. The number of fused-ring (bicyclic) bond motifs is 1. The predicted octanol–water partition coefficient (Wildman–Crippen LogP) is 1.16. The first-order valence-electron chi connectivity index (χ1n) is 5.45. The highest BCUT2D eigenvalue weighted by Crippen LogP contribution is 2.35. The topological polar surface area (TPSA) is 76.2 Å². The Hall–Kier alpha value is -2.50. The van der Waals surface area contributed by atoms with Crippen molar-refractivity contribution >= 4 is 5.91 Å². The normalized spacial score (nSPS) is 12.5. The van der Waals surface area contributed by atoms with Gasteiger partial charge in [0, 0.05) is 12.6 Å². The van der Waals surface area contributed by atoms with E-state index in [-0.39, 0.29) is 12.7 Å². The zero-order valence-electron chi connectivity index (χ0n) is 9.69. The van der Waals surface area contributed by atoms with E-state index >= 15 is 0 Å². The van der Waals surface area contributed by atoms with Gasteiger partial charge in [0.1, 0.15) is 5.69 Å². The van der Waals surface area contributed by atoms with Crippen LogP contribution in [-0.2, 0) is 0 Å². The molecule has 0 saturated heterocycles. The van der Waals surface area contributed by atoms with Gasteiger partial charge in [-0.05, 0) is 24.3 Å². The molecule has 1 amide bonds. The summed E-state index contributed by atoms with van der Waals surface area (Å²) in [5.74, 6) is 1.22. The average Bonchev–Trinajstić information content (AvgIpc) is 3.05. The molecule has 3 rings (SSSR count). The van der Waals surface area contributed by atoms with Gasteiger partial charge in [0.05, 0.1) is 5.69 Å². The number of nitrogens with zero attached hydrogens (tertiary/aromatic N) is 1. The van der Waals surface area contributed by atoms with Crippen molar-refractivity contribution in [1.82, 2.24) is 15.5 Å². The lowest BCUT2D eigenvalue weighted by molar-refractivity contribution is 0.0958. The summed E-state index contributed by atoms with van der Waals surface area (Å²) in [5.41, 5.74) is 1.97. The molecule has 1 aromatic carbocycles. The number of carbonyl (C=O) groups is 1. The van der Waals surface area contributed by atoms with E-state index < -0.39 is 0 Å². The largest absolute Gasteiger partial charge is 0.454 e. The third-order valence-corrected chi connectivity index (χ3v) is 2.72. The molecule has 0 fully saturated rings. The van der Waals surface area contributed by atoms with E-state index in [1.54, 1.807) is 13.1 Å². The van der Waals surface area contributed by atoms with E-state index in [1.807, 2.05) is 18.2 Å². The van der Waals surface area contributed by atoms with Crippen LogP contribution in [0.3, 0.4) is 0 Å². The molecule has 0 radical (unpaired) electrons. The number of benzene rings is 1. The molecule has 1 aromatic heterocycles. The molecular formula is C12H11N3O3. The second-order valence-corrected chi connectivity index (χ2v) is 3.81. The molecule has 0 bridgehead atoms. The van der Waals surface area contributed by atoms with Crippen LogP contribution >= 0.6 is 0 Å². The lowest BCUT2D eigenvalue weighted by atomic mass is 10.1. The van der Waals surface area contributed by atoms with Gasteiger partial charge in [0.2, 0.25) is 6.79 Å². The lowest BCUT2D eigenvalue weighted by Crippen LogP contribution is -2.17. The van der Waals surface area contributed by atoms with Crippen molar-refractivity contribution in [3.63, 3.8) is 0 Å². The zero-order valence-corrected chi connectivity index (χ0v) is 9.69. The van der Waals surface area contributed by atoms with Crippen LogP contribution in [0.4, 0.5) is 0 Å². The Morgan fingerprint density at radius 2 is 2.17 bits per heavy atom. The zero-order chi connectivity index (χ0) is 12.5. The van der Waals surface area contributed by atoms with Crippen LogP contribution in [0.25, 0.3) is 11.3 Å². The average molecular weight is 245 g/mol. The Bertz CT molecular complexity index is 606. The van der Waals surface area contributed by atoms with Crippen LogP contribution in [0.5, 0.6) is 11.5 Å². The highest BCUT2D eigenvalue weighted by atomic mass is 16.7. The minimum Gasteiger partial charge on any atom is -0.454 e. The number of ether oxygens (including phenoxy) is 2. The van der Waals surface area contributed by atoms with Crippen LogP contribution < -0.4 is 14.8 Å². The Morgan fingerprint density at radius 3 is 3.00 bits per heavy atom. The van der Waals surface area contributed by atoms with E-state index in [9.17, 15) is 4.79 Å². The monoisotopic (exact) mass is 245 g/mol. The third kappa shape index (κ3) is 1.67. The van der Waals surface area contributed by atoms with Crippen molar-refractivity contribution in [3.05, 3.63) is 30.0 Å². The first-order chi connectivity index (χ1) is 8.78. The van der Waals surface area contributed by atoms with Gasteiger partial charge in [0.15, 0.2) is 11.5 Å². The Kier molecular flexibility index (Phi) is 2.40. The minimum atomic E-state index is -0.200. The van der Waals surface area contributed by atoms with E-state index in [1.165, 1.54) is 0 Å². The maximum atomic E-state index is 11.4. The van der Waals surface area contributed by atoms with Gasteiger partial charge in [-0.25, -0.2) is 0 Å². The molecular weight excluding hydrogens is 234 g/mol. The SMILES string of the molecule is CNC(=O)c1cc(-c2ccc3c(c2)OCO3)n[nH]1. The quantitative estimate of drug-likeness (QED) is 0.832. The summed E-state index contributed by atoms with van der Waals surface area (Å²) in [6.07, 6.45) is 0. The van der Waals surface area contributed by atoms with Crippen molar-refractivity contribution in [2.45, 2.75) is 0 Å². The number of nitrogens with one attached hydrogen (secondary N) is 2.